The lowest BCUT2D eigenvalue weighted by Gasteiger charge is -2.27. The lowest BCUT2D eigenvalue weighted by Crippen LogP contribution is -2.40. The van der Waals surface area contributed by atoms with Gasteiger partial charge in [0.25, 0.3) is 0 Å². The number of benzene rings is 2. The van der Waals surface area contributed by atoms with E-state index in [1.807, 2.05) is 56.3 Å². The predicted molar refractivity (Wildman–Crippen MR) is 113 cm³/mol. The number of carbonyl (C=O) groups is 1. The average Bonchev–Trinajstić information content (AvgIpc) is 3.30. The molecule has 0 spiro atoms. The van der Waals surface area contributed by atoms with Crippen LogP contribution in [-0.2, 0) is 0 Å². The van der Waals surface area contributed by atoms with Crippen LogP contribution in [0.2, 0.25) is 0 Å². The van der Waals surface area contributed by atoms with Crippen LogP contribution in [0.25, 0.3) is 21.6 Å². The summed E-state index contributed by atoms with van der Waals surface area (Å²) >= 11 is 5.79. The quantitative estimate of drug-likeness (QED) is 0.437. The topological polar surface area (TPSA) is 99.7 Å². The number of thiazole rings is 1. The summed E-state index contributed by atoms with van der Waals surface area (Å²) in [4.78, 5) is 19.0. The first kappa shape index (κ1) is 18.4. The van der Waals surface area contributed by atoms with Crippen LogP contribution in [0.3, 0.4) is 0 Å². The molecule has 2 amide bonds. The molecule has 8 nitrogen and oxygen atoms in total. The maximum absolute atomic E-state index is 13.0. The Morgan fingerprint density at radius 3 is 2.68 bits per heavy atom. The number of rotatable bonds is 4. The molecular formula is C18H17N7OS2. The number of tetrazole rings is 1. The minimum Gasteiger partial charge on any atom is -0.308 e. The Bertz CT molecular complexity index is 1110. The van der Waals surface area contributed by atoms with Crippen LogP contribution in [0.5, 0.6) is 0 Å². The van der Waals surface area contributed by atoms with Gasteiger partial charge >= 0.3 is 6.03 Å². The molecule has 4 rings (SSSR count). The molecule has 0 radical (unpaired) electrons. The van der Waals surface area contributed by atoms with Gasteiger partial charge in [0.15, 0.2) is 0 Å². The predicted octanol–water partition coefficient (Wildman–Crippen LogP) is 4.21. The zero-order valence-electron chi connectivity index (χ0n) is 15.1. The zero-order valence-corrected chi connectivity index (χ0v) is 16.8. The van der Waals surface area contributed by atoms with E-state index in [0.717, 1.165) is 21.5 Å². The maximum atomic E-state index is 13.0. The van der Waals surface area contributed by atoms with Crippen molar-refractivity contribution in [3.63, 3.8) is 0 Å². The van der Waals surface area contributed by atoms with E-state index in [9.17, 15) is 4.79 Å². The van der Waals surface area contributed by atoms with Gasteiger partial charge in [-0.3, -0.25) is 4.90 Å². The van der Waals surface area contributed by atoms with Crippen LogP contribution in [-0.4, -0.2) is 37.7 Å². The summed E-state index contributed by atoms with van der Waals surface area (Å²) in [5.74, 6) is 0.503. The molecule has 0 saturated carbocycles. The molecule has 28 heavy (non-hydrogen) atoms. The number of anilines is 2. The summed E-state index contributed by atoms with van der Waals surface area (Å²) < 4.78 is 1.69. The summed E-state index contributed by atoms with van der Waals surface area (Å²) in [6, 6.07) is 12.8. The molecule has 0 bridgehead atoms. The SMILES string of the molecule is CC(C)N(C(=O)Nc1ccc(-c2nn[nH]n2)cc1)c1ccc2nc(S)sc2c1. The summed E-state index contributed by atoms with van der Waals surface area (Å²) in [6.45, 7) is 3.94. The molecule has 0 saturated heterocycles. The van der Waals surface area contributed by atoms with Gasteiger partial charge < -0.3 is 5.32 Å². The van der Waals surface area contributed by atoms with E-state index in [1.165, 1.54) is 11.3 Å². The fraction of sp³-hybridized carbons (Fsp3) is 0.167. The Morgan fingerprint density at radius 2 is 2.00 bits per heavy atom. The van der Waals surface area contributed by atoms with E-state index in [-0.39, 0.29) is 12.1 Å². The van der Waals surface area contributed by atoms with Gasteiger partial charge in [-0.15, -0.1) is 34.2 Å². The molecule has 0 unspecified atom stereocenters. The van der Waals surface area contributed by atoms with Gasteiger partial charge in [-0.25, -0.2) is 9.78 Å². The number of aromatic amines is 1. The van der Waals surface area contributed by atoms with E-state index in [2.05, 4.69) is 43.6 Å². The Morgan fingerprint density at radius 1 is 1.21 bits per heavy atom. The highest BCUT2D eigenvalue weighted by Gasteiger charge is 2.20. The first-order valence-corrected chi connectivity index (χ1v) is 9.81. The molecule has 10 heteroatoms. The number of nitrogens with zero attached hydrogens (tertiary/aromatic N) is 5. The first-order chi connectivity index (χ1) is 13.5. The third-order valence-corrected chi connectivity index (χ3v) is 5.31. The summed E-state index contributed by atoms with van der Waals surface area (Å²) in [6.07, 6.45) is 0. The molecule has 0 aliphatic rings. The number of carbonyl (C=O) groups excluding carboxylic acids is 1. The second kappa shape index (κ2) is 7.56. The number of aromatic nitrogens is 5. The van der Waals surface area contributed by atoms with E-state index < -0.39 is 0 Å². The second-order valence-corrected chi connectivity index (χ2v) is 8.11. The number of amides is 2. The third kappa shape index (κ3) is 3.69. The highest BCUT2D eigenvalue weighted by Crippen LogP contribution is 2.30. The number of thiol groups is 1. The zero-order chi connectivity index (χ0) is 19.7. The monoisotopic (exact) mass is 411 g/mol. The Balaban J connectivity index is 1.56. The molecule has 2 heterocycles. The van der Waals surface area contributed by atoms with Crippen molar-refractivity contribution in [3.05, 3.63) is 42.5 Å². The summed E-state index contributed by atoms with van der Waals surface area (Å²) in [7, 11) is 0. The van der Waals surface area contributed by atoms with Crippen molar-refractivity contribution >= 4 is 51.6 Å². The molecule has 0 fully saturated rings. The molecule has 4 aromatic rings. The van der Waals surface area contributed by atoms with Gasteiger partial charge in [0.05, 0.1) is 10.2 Å². The molecule has 2 aromatic carbocycles. The van der Waals surface area contributed by atoms with Crippen LogP contribution < -0.4 is 10.2 Å². The van der Waals surface area contributed by atoms with E-state index >= 15 is 0 Å². The standard InChI is InChI=1S/C18H17N7OS2/c1-10(2)25(13-7-8-14-15(9-13)28-18(27)20-14)17(26)19-12-5-3-11(4-6-12)16-21-23-24-22-16/h3-10H,1-2H3,(H,19,26)(H,20,27)(H,21,22,23,24). The van der Waals surface area contributed by atoms with Crippen LogP contribution >= 0.6 is 24.0 Å². The van der Waals surface area contributed by atoms with Gasteiger partial charge in [-0.2, -0.15) is 5.21 Å². The molecule has 0 aliphatic heterocycles. The smallest absolute Gasteiger partial charge is 0.308 e. The normalized spacial score (nSPS) is 11.1. The van der Waals surface area contributed by atoms with Gasteiger partial charge in [0, 0.05) is 23.0 Å². The van der Waals surface area contributed by atoms with Crippen molar-refractivity contribution in [2.24, 2.45) is 0 Å². The van der Waals surface area contributed by atoms with E-state index in [0.29, 0.717) is 15.9 Å². The first-order valence-electron chi connectivity index (χ1n) is 8.55. The number of hydrogen-bond acceptors (Lipinski definition) is 7. The number of hydrogen-bond donors (Lipinski definition) is 3. The Hall–Kier alpha value is -2.98. The average molecular weight is 412 g/mol. The second-order valence-electron chi connectivity index (χ2n) is 6.36. The van der Waals surface area contributed by atoms with Crippen LogP contribution in [0.4, 0.5) is 16.2 Å². The molecule has 0 aliphatic carbocycles. The summed E-state index contributed by atoms with van der Waals surface area (Å²) in [5.41, 5.74) is 3.17. The van der Waals surface area contributed by atoms with Crippen LogP contribution in [0.1, 0.15) is 13.8 Å². The van der Waals surface area contributed by atoms with Gasteiger partial charge in [0.1, 0.15) is 4.34 Å². The van der Waals surface area contributed by atoms with E-state index in [1.54, 1.807) is 4.90 Å². The molecule has 2 aromatic heterocycles. The minimum atomic E-state index is -0.211. The lowest BCUT2D eigenvalue weighted by molar-refractivity contribution is 0.255. The van der Waals surface area contributed by atoms with Crippen molar-refractivity contribution in [3.8, 4) is 11.4 Å². The van der Waals surface area contributed by atoms with Gasteiger partial charge in [-0.1, -0.05) is 0 Å². The molecule has 2 N–H and O–H groups in total. The molecular weight excluding hydrogens is 394 g/mol. The largest absolute Gasteiger partial charge is 0.326 e. The molecule has 0 atom stereocenters. The van der Waals surface area contributed by atoms with Crippen molar-refractivity contribution in [1.29, 1.82) is 0 Å². The van der Waals surface area contributed by atoms with E-state index in [4.69, 9.17) is 0 Å². The number of H-pyrrole nitrogens is 1. The van der Waals surface area contributed by atoms with Gasteiger partial charge in [0.2, 0.25) is 5.82 Å². The molecule has 142 valence electrons. The van der Waals surface area contributed by atoms with Crippen molar-refractivity contribution in [2.45, 2.75) is 24.2 Å². The van der Waals surface area contributed by atoms with Crippen molar-refractivity contribution < 1.29 is 4.79 Å². The Labute approximate surface area is 170 Å². The number of urea groups is 1. The van der Waals surface area contributed by atoms with Gasteiger partial charge in [-0.05, 0) is 61.5 Å². The van der Waals surface area contributed by atoms with Crippen LogP contribution in [0, 0.1) is 0 Å². The maximum Gasteiger partial charge on any atom is 0.326 e. The highest BCUT2D eigenvalue weighted by molar-refractivity contribution is 7.82. The van der Waals surface area contributed by atoms with Crippen molar-refractivity contribution in [2.75, 3.05) is 10.2 Å². The fourth-order valence-corrected chi connectivity index (χ4v) is 4.01. The van der Waals surface area contributed by atoms with Crippen molar-refractivity contribution in [1.82, 2.24) is 25.6 Å². The summed E-state index contributed by atoms with van der Waals surface area (Å²) in [5, 5.41) is 16.8. The minimum absolute atomic E-state index is 0.0283. The lowest BCUT2D eigenvalue weighted by atomic mass is 10.2. The number of fused-ring (bicyclic) bond motifs is 1. The number of nitrogens with one attached hydrogen (secondary N) is 2. The van der Waals surface area contributed by atoms with Crippen LogP contribution in [0.15, 0.2) is 46.8 Å². The fourth-order valence-electron chi connectivity index (χ4n) is 2.87. The third-order valence-electron chi connectivity index (χ3n) is 4.11. The highest BCUT2D eigenvalue weighted by atomic mass is 32.2. The Kier molecular flexibility index (Phi) is 4.97.